The van der Waals surface area contributed by atoms with Gasteiger partial charge >= 0.3 is 0 Å². The van der Waals surface area contributed by atoms with Crippen LogP contribution >= 0.6 is 0 Å². The topological polar surface area (TPSA) is 40.6 Å². The predicted molar refractivity (Wildman–Crippen MR) is 96.3 cm³/mol. The van der Waals surface area contributed by atoms with Crippen molar-refractivity contribution in [3.8, 4) is 0 Å². The Kier molecular flexibility index (Phi) is 4.65. The summed E-state index contributed by atoms with van der Waals surface area (Å²) < 4.78 is 0. The van der Waals surface area contributed by atoms with E-state index in [1.807, 2.05) is 54.3 Å². The summed E-state index contributed by atoms with van der Waals surface area (Å²) in [6.07, 6.45) is 1.95. The Bertz CT molecular complexity index is 770. The number of hydrogen-bond donors (Lipinski definition) is 0. The zero-order valence-corrected chi connectivity index (χ0v) is 14.2. The van der Waals surface area contributed by atoms with Crippen LogP contribution in [0, 0.1) is 6.92 Å². The third-order valence-corrected chi connectivity index (χ3v) is 4.49. The third kappa shape index (κ3) is 3.18. The van der Waals surface area contributed by atoms with Gasteiger partial charge in [0, 0.05) is 24.8 Å². The molecular formula is C20H22N2O2. The standard InChI is InChI=1S/C20H22N2O2/c1-15-8-3-5-11-18(15)22(16(2)23)14-20(24)21-13-7-10-17-9-4-6-12-19(17)21/h3-6,8-9,11-12H,7,10,13-14H2,1-2H3. The number of rotatable bonds is 3. The number of nitrogens with zero attached hydrogens (tertiary/aromatic N) is 2. The van der Waals surface area contributed by atoms with E-state index < -0.39 is 0 Å². The molecule has 124 valence electrons. The SMILES string of the molecule is CC(=O)N(CC(=O)N1CCCc2ccccc21)c1ccccc1C. The van der Waals surface area contributed by atoms with Crippen LogP contribution in [0.4, 0.5) is 11.4 Å². The van der Waals surface area contributed by atoms with E-state index in [2.05, 4.69) is 6.07 Å². The van der Waals surface area contributed by atoms with Crippen LogP contribution in [0.3, 0.4) is 0 Å². The second kappa shape index (κ2) is 6.87. The van der Waals surface area contributed by atoms with Crippen LogP contribution in [0.2, 0.25) is 0 Å². The van der Waals surface area contributed by atoms with Crippen molar-refractivity contribution in [3.63, 3.8) is 0 Å². The van der Waals surface area contributed by atoms with Gasteiger partial charge in [-0.2, -0.15) is 0 Å². The van der Waals surface area contributed by atoms with Crippen molar-refractivity contribution in [2.75, 3.05) is 22.9 Å². The van der Waals surface area contributed by atoms with Crippen molar-refractivity contribution in [1.29, 1.82) is 0 Å². The van der Waals surface area contributed by atoms with E-state index in [9.17, 15) is 9.59 Å². The first-order valence-electron chi connectivity index (χ1n) is 8.30. The largest absolute Gasteiger partial charge is 0.311 e. The van der Waals surface area contributed by atoms with Crippen LogP contribution in [-0.4, -0.2) is 24.9 Å². The van der Waals surface area contributed by atoms with Crippen molar-refractivity contribution >= 4 is 23.2 Å². The second-order valence-electron chi connectivity index (χ2n) is 6.17. The molecule has 4 heteroatoms. The molecule has 0 bridgehead atoms. The highest BCUT2D eigenvalue weighted by Crippen LogP contribution is 2.27. The summed E-state index contributed by atoms with van der Waals surface area (Å²) >= 11 is 0. The fourth-order valence-corrected chi connectivity index (χ4v) is 3.25. The van der Waals surface area contributed by atoms with Crippen molar-refractivity contribution in [2.45, 2.75) is 26.7 Å². The van der Waals surface area contributed by atoms with Crippen LogP contribution in [-0.2, 0) is 16.0 Å². The highest BCUT2D eigenvalue weighted by molar-refractivity contribution is 6.03. The van der Waals surface area contributed by atoms with E-state index in [1.54, 1.807) is 4.90 Å². The van der Waals surface area contributed by atoms with Crippen LogP contribution in [0.5, 0.6) is 0 Å². The molecule has 3 rings (SSSR count). The third-order valence-electron chi connectivity index (χ3n) is 4.49. The molecule has 1 heterocycles. The van der Waals surface area contributed by atoms with Crippen LogP contribution in [0.25, 0.3) is 0 Å². The van der Waals surface area contributed by atoms with Gasteiger partial charge in [0.25, 0.3) is 0 Å². The molecule has 0 fully saturated rings. The van der Waals surface area contributed by atoms with Gasteiger partial charge < -0.3 is 9.80 Å². The van der Waals surface area contributed by atoms with Gasteiger partial charge in [0.2, 0.25) is 11.8 Å². The quantitative estimate of drug-likeness (QED) is 0.870. The molecule has 0 unspecified atom stereocenters. The molecule has 4 nitrogen and oxygen atoms in total. The first-order valence-corrected chi connectivity index (χ1v) is 8.30. The number of fused-ring (bicyclic) bond motifs is 1. The van der Waals surface area contributed by atoms with Crippen LogP contribution in [0.1, 0.15) is 24.5 Å². The van der Waals surface area contributed by atoms with E-state index in [-0.39, 0.29) is 18.4 Å². The summed E-state index contributed by atoms with van der Waals surface area (Å²) in [6.45, 7) is 4.22. The van der Waals surface area contributed by atoms with Gasteiger partial charge in [0.05, 0.1) is 0 Å². The van der Waals surface area contributed by atoms with Crippen molar-refractivity contribution in [3.05, 3.63) is 59.7 Å². The van der Waals surface area contributed by atoms with Crippen molar-refractivity contribution in [1.82, 2.24) is 0 Å². The maximum absolute atomic E-state index is 12.9. The number of amides is 2. The van der Waals surface area contributed by atoms with Gasteiger partial charge in [0.15, 0.2) is 0 Å². The summed E-state index contributed by atoms with van der Waals surface area (Å²) in [7, 11) is 0. The minimum absolute atomic E-state index is 0.0411. The molecule has 0 aliphatic carbocycles. The Balaban J connectivity index is 1.86. The molecular weight excluding hydrogens is 300 g/mol. The maximum atomic E-state index is 12.9. The zero-order chi connectivity index (χ0) is 17.1. The van der Waals surface area contributed by atoms with E-state index >= 15 is 0 Å². The first-order chi connectivity index (χ1) is 11.6. The second-order valence-corrected chi connectivity index (χ2v) is 6.17. The fourth-order valence-electron chi connectivity index (χ4n) is 3.25. The average molecular weight is 322 g/mol. The predicted octanol–water partition coefficient (Wildman–Crippen LogP) is 3.33. The Labute approximate surface area is 142 Å². The van der Waals surface area contributed by atoms with Gasteiger partial charge in [0.1, 0.15) is 6.54 Å². The summed E-state index contributed by atoms with van der Waals surface area (Å²) in [4.78, 5) is 28.4. The van der Waals surface area contributed by atoms with Crippen molar-refractivity contribution < 1.29 is 9.59 Å². The van der Waals surface area contributed by atoms with Gasteiger partial charge in [-0.1, -0.05) is 36.4 Å². The first kappa shape index (κ1) is 16.2. The van der Waals surface area contributed by atoms with Crippen LogP contribution in [0.15, 0.2) is 48.5 Å². The maximum Gasteiger partial charge on any atom is 0.247 e. The zero-order valence-electron chi connectivity index (χ0n) is 14.2. The van der Waals surface area contributed by atoms with Gasteiger partial charge in [-0.3, -0.25) is 9.59 Å². The number of hydrogen-bond acceptors (Lipinski definition) is 2. The van der Waals surface area contributed by atoms with Gasteiger partial charge in [-0.05, 0) is 43.0 Å². The molecule has 2 amide bonds. The monoisotopic (exact) mass is 322 g/mol. The minimum Gasteiger partial charge on any atom is -0.311 e. The Hall–Kier alpha value is -2.62. The molecule has 0 atom stereocenters. The summed E-state index contributed by atoms with van der Waals surface area (Å²) in [5.74, 6) is -0.163. The van der Waals surface area contributed by atoms with Crippen LogP contribution < -0.4 is 9.80 Å². The van der Waals surface area contributed by atoms with E-state index in [0.29, 0.717) is 6.54 Å². The lowest BCUT2D eigenvalue weighted by Gasteiger charge is -2.32. The molecule has 0 saturated heterocycles. The fraction of sp³-hybridized carbons (Fsp3) is 0.300. The van der Waals surface area contributed by atoms with E-state index in [4.69, 9.17) is 0 Å². The normalized spacial score (nSPS) is 13.3. The summed E-state index contributed by atoms with van der Waals surface area (Å²) in [5.41, 5.74) is 3.95. The minimum atomic E-state index is -0.122. The molecule has 2 aromatic rings. The van der Waals surface area contributed by atoms with E-state index in [1.165, 1.54) is 12.5 Å². The molecule has 0 radical (unpaired) electrons. The molecule has 0 saturated carbocycles. The lowest BCUT2D eigenvalue weighted by atomic mass is 10.0. The number of benzene rings is 2. The Morgan fingerprint density at radius 3 is 2.54 bits per heavy atom. The number of aryl methyl sites for hydroxylation is 2. The number of para-hydroxylation sites is 2. The van der Waals surface area contributed by atoms with E-state index in [0.717, 1.165) is 29.8 Å². The number of anilines is 2. The lowest BCUT2D eigenvalue weighted by Crippen LogP contribution is -2.44. The molecule has 1 aliphatic heterocycles. The average Bonchev–Trinajstić information content (AvgIpc) is 2.59. The molecule has 2 aromatic carbocycles. The van der Waals surface area contributed by atoms with Gasteiger partial charge in [-0.15, -0.1) is 0 Å². The molecule has 0 spiro atoms. The highest BCUT2D eigenvalue weighted by atomic mass is 16.2. The summed E-state index contributed by atoms with van der Waals surface area (Å²) in [6, 6.07) is 15.7. The number of carbonyl (C=O) groups is 2. The Morgan fingerprint density at radius 2 is 1.79 bits per heavy atom. The molecule has 1 aliphatic rings. The molecule has 0 N–H and O–H groups in total. The molecule has 0 aromatic heterocycles. The molecule has 24 heavy (non-hydrogen) atoms. The number of carbonyl (C=O) groups excluding carboxylic acids is 2. The Morgan fingerprint density at radius 1 is 1.08 bits per heavy atom. The van der Waals surface area contributed by atoms with Crippen molar-refractivity contribution in [2.24, 2.45) is 0 Å². The lowest BCUT2D eigenvalue weighted by molar-refractivity contribution is -0.121. The van der Waals surface area contributed by atoms with Gasteiger partial charge in [-0.25, -0.2) is 0 Å². The summed E-state index contributed by atoms with van der Waals surface area (Å²) in [5, 5.41) is 0. The smallest absolute Gasteiger partial charge is 0.247 e. The highest BCUT2D eigenvalue weighted by Gasteiger charge is 2.25.